The molecule has 6 heteroatoms. The second-order valence-electron chi connectivity index (χ2n) is 6.44. The first-order valence-electron chi connectivity index (χ1n) is 8.51. The molecule has 0 atom stereocenters. The van der Waals surface area contributed by atoms with Crippen molar-refractivity contribution >= 4 is 23.2 Å². The smallest absolute Gasteiger partial charge is 0.256 e. The van der Waals surface area contributed by atoms with E-state index in [0.29, 0.717) is 16.5 Å². The zero-order chi connectivity index (χ0) is 17.8. The Morgan fingerprint density at radius 1 is 1.28 bits per heavy atom. The van der Waals surface area contributed by atoms with Crippen LogP contribution in [-0.4, -0.2) is 35.9 Å². The molecule has 0 bridgehead atoms. The average Bonchev–Trinajstić information content (AvgIpc) is 2.63. The fourth-order valence-corrected chi connectivity index (χ4v) is 3.50. The lowest BCUT2D eigenvalue weighted by molar-refractivity contribution is 0.0691. The van der Waals surface area contributed by atoms with E-state index in [9.17, 15) is 9.59 Å². The van der Waals surface area contributed by atoms with Gasteiger partial charge in [0.05, 0.1) is 5.56 Å². The Bertz CT molecular complexity index is 790. The molecular weight excluding hydrogens is 338 g/mol. The number of pyridine rings is 1. The van der Waals surface area contributed by atoms with Crippen molar-refractivity contribution in [1.82, 2.24) is 9.88 Å². The van der Waals surface area contributed by atoms with Gasteiger partial charge >= 0.3 is 0 Å². The van der Waals surface area contributed by atoms with Crippen molar-refractivity contribution in [1.29, 1.82) is 0 Å². The summed E-state index contributed by atoms with van der Waals surface area (Å²) in [7, 11) is 1.80. The summed E-state index contributed by atoms with van der Waals surface area (Å²) in [4.78, 5) is 28.6. The van der Waals surface area contributed by atoms with E-state index in [4.69, 9.17) is 11.6 Å². The topological polar surface area (TPSA) is 65.2 Å². The highest BCUT2D eigenvalue weighted by Gasteiger charge is 2.25. The Hall–Kier alpha value is -2.27. The summed E-state index contributed by atoms with van der Waals surface area (Å²) in [6, 6.07) is 8.77. The number of carbonyl (C=O) groups excluding carboxylic acids is 1. The molecular formula is C19H22ClN3O2. The largest absolute Gasteiger partial charge is 0.387 e. The predicted molar refractivity (Wildman–Crippen MR) is 100 cm³/mol. The molecule has 3 rings (SSSR count). The number of rotatable bonds is 4. The lowest BCUT2D eigenvalue weighted by Gasteiger charge is -2.32. The molecule has 2 aromatic rings. The third-order valence-corrected chi connectivity index (χ3v) is 4.99. The summed E-state index contributed by atoms with van der Waals surface area (Å²) >= 11 is 6.06. The first-order valence-corrected chi connectivity index (χ1v) is 8.89. The second kappa shape index (κ2) is 7.74. The van der Waals surface area contributed by atoms with E-state index in [1.165, 1.54) is 0 Å². The fraction of sp³-hybridized carbons (Fsp3) is 0.368. The van der Waals surface area contributed by atoms with E-state index in [2.05, 4.69) is 10.3 Å². The molecule has 1 aromatic heterocycles. The lowest BCUT2D eigenvalue weighted by Crippen LogP contribution is -2.39. The molecule has 2 N–H and O–H groups in total. The molecule has 1 aliphatic rings. The number of H-pyrrole nitrogens is 1. The van der Waals surface area contributed by atoms with Crippen molar-refractivity contribution in [3.63, 3.8) is 0 Å². The Morgan fingerprint density at radius 2 is 2.04 bits per heavy atom. The normalized spacial score (nSPS) is 15.2. The van der Waals surface area contributed by atoms with Gasteiger partial charge in [-0.05, 0) is 48.9 Å². The Morgan fingerprint density at radius 3 is 2.68 bits per heavy atom. The molecule has 25 heavy (non-hydrogen) atoms. The number of benzene rings is 1. The number of likely N-dealkylation sites (tertiary alicyclic amines) is 1. The van der Waals surface area contributed by atoms with Crippen LogP contribution < -0.4 is 10.9 Å². The number of anilines is 1. The van der Waals surface area contributed by atoms with Crippen LogP contribution in [0.2, 0.25) is 5.02 Å². The van der Waals surface area contributed by atoms with Crippen LogP contribution in [0.4, 0.5) is 5.69 Å². The molecule has 2 heterocycles. The third kappa shape index (κ3) is 4.23. The minimum absolute atomic E-state index is 0.0225. The predicted octanol–water partition coefficient (Wildman–Crippen LogP) is 3.16. The highest BCUT2D eigenvalue weighted by Crippen LogP contribution is 2.26. The molecule has 0 saturated carbocycles. The first kappa shape index (κ1) is 17.5. The van der Waals surface area contributed by atoms with Crippen molar-refractivity contribution < 1.29 is 4.79 Å². The SMILES string of the molecule is CNc1ccc(Cl)cc1C(=O)N1CCC(Cc2ccc(=O)[nH]c2)CC1. The summed E-state index contributed by atoms with van der Waals surface area (Å²) < 4.78 is 0. The summed E-state index contributed by atoms with van der Waals surface area (Å²) in [5.41, 5.74) is 2.47. The van der Waals surface area contributed by atoms with Gasteiger partial charge in [0.25, 0.3) is 5.91 Å². The van der Waals surface area contributed by atoms with Crippen LogP contribution >= 0.6 is 11.6 Å². The number of nitrogens with one attached hydrogen (secondary N) is 2. The summed E-state index contributed by atoms with van der Waals surface area (Å²) in [5, 5.41) is 3.62. The number of amides is 1. The van der Waals surface area contributed by atoms with Crippen molar-refractivity contribution in [3.05, 3.63) is 63.0 Å². The average molecular weight is 360 g/mol. The summed E-state index contributed by atoms with van der Waals surface area (Å²) in [5.74, 6) is 0.549. The van der Waals surface area contributed by atoms with Crippen molar-refractivity contribution in [2.45, 2.75) is 19.3 Å². The van der Waals surface area contributed by atoms with E-state index >= 15 is 0 Å². The number of halogens is 1. The molecule has 132 valence electrons. The Balaban J connectivity index is 1.62. The van der Waals surface area contributed by atoms with Gasteiger partial charge in [-0.1, -0.05) is 17.7 Å². The quantitative estimate of drug-likeness (QED) is 0.881. The van der Waals surface area contributed by atoms with E-state index in [1.807, 2.05) is 17.0 Å². The van der Waals surface area contributed by atoms with Gasteiger partial charge in [0.2, 0.25) is 5.56 Å². The number of nitrogens with zero attached hydrogens (tertiary/aromatic N) is 1. The van der Waals surface area contributed by atoms with Crippen LogP contribution in [0.1, 0.15) is 28.8 Å². The van der Waals surface area contributed by atoms with Gasteiger partial charge in [0.15, 0.2) is 0 Å². The molecule has 1 aromatic carbocycles. The van der Waals surface area contributed by atoms with Crippen LogP contribution in [0.5, 0.6) is 0 Å². The van der Waals surface area contributed by atoms with Crippen LogP contribution in [0.15, 0.2) is 41.3 Å². The Kier molecular flexibility index (Phi) is 5.43. The third-order valence-electron chi connectivity index (χ3n) is 4.76. The first-order chi connectivity index (χ1) is 12.1. The number of hydrogen-bond acceptors (Lipinski definition) is 3. The number of aromatic amines is 1. The van der Waals surface area contributed by atoms with Gasteiger partial charge in [-0.3, -0.25) is 9.59 Å². The number of aromatic nitrogens is 1. The molecule has 0 aliphatic carbocycles. The maximum atomic E-state index is 12.8. The van der Waals surface area contributed by atoms with Gasteiger partial charge < -0.3 is 15.2 Å². The minimum Gasteiger partial charge on any atom is -0.387 e. The van der Waals surface area contributed by atoms with Gasteiger partial charge in [0.1, 0.15) is 0 Å². The zero-order valence-corrected chi connectivity index (χ0v) is 15.0. The number of carbonyl (C=O) groups is 1. The van der Waals surface area contributed by atoms with E-state index in [0.717, 1.165) is 43.6 Å². The highest BCUT2D eigenvalue weighted by molar-refractivity contribution is 6.31. The number of piperidine rings is 1. The Labute approximate surface area is 152 Å². The van der Waals surface area contributed by atoms with E-state index in [1.54, 1.807) is 31.4 Å². The maximum Gasteiger partial charge on any atom is 0.256 e. The fourth-order valence-electron chi connectivity index (χ4n) is 3.33. The van der Waals surface area contributed by atoms with Crippen molar-refractivity contribution in [2.75, 3.05) is 25.5 Å². The molecule has 0 radical (unpaired) electrons. The van der Waals surface area contributed by atoms with Gasteiger partial charge in [-0.15, -0.1) is 0 Å². The summed E-state index contributed by atoms with van der Waals surface area (Å²) in [6.45, 7) is 1.48. The zero-order valence-electron chi connectivity index (χ0n) is 14.2. The highest BCUT2D eigenvalue weighted by atomic mass is 35.5. The van der Waals surface area contributed by atoms with Crippen LogP contribution in [-0.2, 0) is 6.42 Å². The monoisotopic (exact) mass is 359 g/mol. The van der Waals surface area contributed by atoms with Gasteiger partial charge in [-0.25, -0.2) is 0 Å². The molecule has 0 unspecified atom stereocenters. The second-order valence-corrected chi connectivity index (χ2v) is 6.88. The molecule has 1 amide bonds. The standard InChI is InChI=1S/C19H22ClN3O2/c1-21-17-4-3-15(20)11-16(17)19(25)23-8-6-13(7-9-23)10-14-2-5-18(24)22-12-14/h2-5,11-13,21H,6-10H2,1H3,(H,22,24). The van der Waals surface area contributed by atoms with E-state index < -0.39 is 0 Å². The van der Waals surface area contributed by atoms with Crippen LogP contribution in [0, 0.1) is 5.92 Å². The molecule has 1 aliphatic heterocycles. The maximum absolute atomic E-state index is 12.8. The summed E-state index contributed by atoms with van der Waals surface area (Å²) in [6.07, 6.45) is 4.63. The van der Waals surface area contributed by atoms with Gasteiger partial charge in [0, 0.05) is 43.1 Å². The van der Waals surface area contributed by atoms with Gasteiger partial charge in [-0.2, -0.15) is 0 Å². The molecule has 0 spiro atoms. The van der Waals surface area contributed by atoms with Crippen molar-refractivity contribution in [2.24, 2.45) is 5.92 Å². The molecule has 1 fully saturated rings. The van der Waals surface area contributed by atoms with E-state index in [-0.39, 0.29) is 11.5 Å². The molecule has 5 nitrogen and oxygen atoms in total. The number of hydrogen-bond donors (Lipinski definition) is 2. The van der Waals surface area contributed by atoms with Crippen molar-refractivity contribution in [3.8, 4) is 0 Å². The lowest BCUT2D eigenvalue weighted by atomic mass is 9.90. The van der Waals surface area contributed by atoms with Crippen LogP contribution in [0.25, 0.3) is 0 Å². The van der Waals surface area contributed by atoms with Crippen LogP contribution in [0.3, 0.4) is 0 Å². The molecule has 1 saturated heterocycles. The minimum atomic E-state index is -0.0778.